The molecular formula is C28H34ClFN4O2. The number of likely N-dealkylation sites (N-methyl/N-ethyl adjacent to an activating group) is 1. The molecule has 2 amide bonds. The van der Waals surface area contributed by atoms with E-state index in [1.807, 2.05) is 30.8 Å². The van der Waals surface area contributed by atoms with Gasteiger partial charge in [-0.2, -0.15) is 0 Å². The van der Waals surface area contributed by atoms with Gasteiger partial charge in [-0.25, -0.2) is 4.39 Å². The van der Waals surface area contributed by atoms with Gasteiger partial charge in [0.15, 0.2) is 0 Å². The lowest BCUT2D eigenvalue weighted by atomic mass is 10.1. The smallest absolute Gasteiger partial charge is 0.254 e. The Morgan fingerprint density at radius 2 is 1.83 bits per heavy atom. The lowest BCUT2D eigenvalue weighted by molar-refractivity contribution is -0.130. The number of piperazine rings is 1. The summed E-state index contributed by atoms with van der Waals surface area (Å²) in [6.07, 6.45) is 4.22. The second kappa shape index (κ2) is 11.5. The molecule has 192 valence electrons. The van der Waals surface area contributed by atoms with Gasteiger partial charge in [-0.15, -0.1) is 0 Å². The van der Waals surface area contributed by atoms with E-state index in [1.165, 1.54) is 12.1 Å². The summed E-state index contributed by atoms with van der Waals surface area (Å²) in [4.78, 5) is 34.5. The van der Waals surface area contributed by atoms with Crippen molar-refractivity contribution in [2.75, 3.05) is 46.8 Å². The van der Waals surface area contributed by atoms with Crippen LogP contribution in [0.2, 0.25) is 5.02 Å². The molecule has 0 aliphatic carbocycles. The third kappa shape index (κ3) is 6.33. The zero-order valence-electron chi connectivity index (χ0n) is 21.2. The van der Waals surface area contributed by atoms with Crippen molar-refractivity contribution < 1.29 is 14.0 Å². The summed E-state index contributed by atoms with van der Waals surface area (Å²) < 4.78 is 13.2. The minimum atomic E-state index is -0.238. The van der Waals surface area contributed by atoms with E-state index in [9.17, 15) is 14.0 Å². The van der Waals surface area contributed by atoms with Crippen LogP contribution >= 0.6 is 11.6 Å². The topological polar surface area (TPSA) is 47.1 Å². The maximum absolute atomic E-state index is 13.3. The molecule has 2 heterocycles. The molecule has 0 aromatic heterocycles. The van der Waals surface area contributed by atoms with Crippen LogP contribution in [-0.2, 0) is 11.3 Å². The van der Waals surface area contributed by atoms with Crippen molar-refractivity contribution in [1.82, 2.24) is 19.6 Å². The van der Waals surface area contributed by atoms with Gasteiger partial charge >= 0.3 is 0 Å². The van der Waals surface area contributed by atoms with Crippen molar-refractivity contribution >= 4 is 29.5 Å². The van der Waals surface area contributed by atoms with Gasteiger partial charge in [0.1, 0.15) is 5.82 Å². The average molecular weight is 513 g/mol. The highest BCUT2D eigenvalue weighted by Gasteiger charge is 2.29. The maximum atomic E-state index is 13.3. The molecule has 36 heavy (non-hydrogen) atoms. The summed E-state index contributed by atoms with van der Waals surface area (Å²) in [5.74, 6) is -0.374. The van der Waals surface area contributed by atoms with Gasteiger partial charge in [0.2, 0.25) is 5.91 Å². The Hall–Kier alpha value is -2.74. The number of hydrogen-bond donors (Lipinski definition) is 0. The van der Waals surface area contributed by atoms with E-state index in [4.69, 9.17) is 11.6 Å². The SMILES string of the molecule is C[C@@H]1CN(Cc2ccc(F)cc2)CCN1C(=O)/C=C/c1ccc(Cl)cc1C(=O)N1CC[C@H](N(C)C)C1. The summed E-state index contributed by atoms with van der Waals surface area (Å²) in [5.41, 5.74) is 2.26. The Kier molecular flexibility index (Phi) is 8.44. The van der Waals surface area contributed by atoms with Crippen LogP contribution < -0.4 is 0 Å². The lowest BCUT2D eigenvalue weighted by Crippen LogP contribution is -2.53. The average Bonchev–Trinajstić information content (AvgIpc) is 3.35. The van der Waals surface area contributed by atoms with E-state index in [-0.39, 0.29) is 23.7 Å². The van der Waals surface area contributed by atoms with E-state index in [2.05, 4.69) is 9.80 Å². The van der Waals surface area contributed by atoms with E-state index in [1.54, 1.807) is 42.5 Å². The van der Waals surface area contributed by atoms with Crippen LogP contribution in [0.3, 0.4) is 0 Å². The maximum Gasteiger partial charge on any atom is 0.254 e. The van der Waals surface area contributed by atoms with Crippen LogP contribution in [0, 0.1) is 5.82 Å². The van der Waals surface area contributed by atoms with Crippen LogP contribution in [0.25, 0.3) is 6.08 Å². The highest BCUT2D eigenvalue weighted by Crippen LogP contribution is 2.23. The van der Waals surface area contributed by atoms with Crippen LogP contribution in [0.1, 0.15) is 34.8 Å². The molecule has 2 fully saturated rings. The third-order valence-corrected chi connectivity index (χ3v) is 7.38. The Morgan fingerprint density at radius 1 is 1.08 bits per heavy atom. The van der Waals surface area contributed by atoms with Crippen molar-refractivity contribution in [3.8, 4) is 0 Å². The second-order valence-electron chi connectivity index (χ2n) is 9.96. The van der Waals surface area contributed by atoms with Crippen LogP contribution in [-0.4, -0.2) is 90.3 Å². The monoisotopic (exact) mass is 512 g/mol. The first-order chi connectivity index (χ1) is 17.2. The predicted molar refractivity (Wildman–Crippen MR) is 141 cm³/mol. The van der Waals surface area contributed by atoms with Gasteiger partial charge in [0, 0.05) is 68.0 Å². The zero-order chi connectivity index (χ0) is 25.8. The first-order valence-corrected chi connectivity index (χ1v) is 12.8. The number of amides is 2. The fourth-order valence-electron chi connectivity index (χ4n) is 4.99. The van der Waals surface area contributed by atoms with Crippen molar-refractivity contribution in [3.63, 3.8) is 0 Å². The number of carbonyl (C=O) groups is 2. The molecule has 0 unspecified atom stereocenters. The summed E-state index contributed by atoms with van der Waals surface area (Å²) in [6.45, 7) is 6.24. The summed E-state index contributed by atoms with van der Waals surface area (Å²) in [6, 6.07) is 12.2. The fraction of sp³-hybridized carbons (Fsp3) is 0.429. The van der Waals surface area contributed by atoms with E-state index >= 15 is 0 Å². The van der Waals surface area contributed by atoms with Gasteiger partial charge in [-0.05, 0) is 68.9 Å². The molecule has 0 spiro atoms. The molecule has 2 atom stereocenters. The van der Waals surface area contributed by atoms with Gasteiger partial charge in [-0.3, -0.25) is 14.5 Å². The van der Waals surface area contributed by atoms with Gasteiger partial charge < -0.3 is 14.7 Å². The Labute approximate surface area is 217 Å². The normalized spacial score (nSPS) is 21.1. The molecule has 2 aliphatic heterocycles. The molecular weight excluding hydrogens is 479 g/mol. The van der Waals surface area contributed by atoms with E-state index in [0.29, 0.717) is 41.8 Å². The van der Waals surface area contributed by atoms with Crippen LogP contribution in [0.5, 0.6) is 0 Å². The van der Waals surface area contributed by atoms with Gasteiger partial charge in [-0.1, -0.05) is 29.8 Å². The highest BCUT2D eigenvalue weighted by molar-refractivity contribution is 6.31. The number of likely N-dealkylation sites (tertiary alicyclic amines) is 1. The van der Waals surface area contributed by atoms with Crippen LogP contribution in [0.4, 0.5) is 4.39 Å². The fourth-order valence-corrected chi connectivity index (χ4v) is 5.16. The second-order valence-corrected chi connectivity index (χ2v) is 10.4. The quantitative estimate of drug-likeness (QED) is 0.549. The molecule has 2 aliphatic rings. The van der Waals surface area contributed by atoms with Gasteiger partial charge in [0.25, 0.3) is 5.91 Å². The largest absolute Gasteiger partial charge is 0.337 e. The molecule has 2 aromatic rings. The number of rotatable bonds is 6. The Bertz CT molecular complexity index is 1120. The number of benzene rings is 2. The first kappa shape index (κ1) is 26.3. The molecule has 2 aromatic carbocycles. The summed E-state index contributed by atoms with van der Waals surface area (Å²) in [7, 11) is 4.06. The number of carbonyl (C=O) groups excluding carboxylic acids is 2. The summed E-state index contributed by atoms with van der Waals surface area (Å²) in [5, 5.41) is 0.496. The standard InChI is InChI=1S/C28H34ClFN4O2/c1-20-17-32(18-21-4-9-24(30)10-5-21)14-15-34(20)27(35)11-7-22-6-8-23(29)16-26(22)28(36)33-13-12-25(19-33)31(2)3/h4-11,16,20,25H,12-15,17-19H2,1-3H3/b11-7+/t20-,25+/m1/s1. The van der Waals surface area contributed by atoms with E-state index < -0.39 is 0 Å². The van der Waals surface area contributed by atoms with E-state index in [0.717, 1.165) is 31.6 Å². The predicted octanol–water partition coefficient (Wildman–Crippen LogP) is 4.00. The van der Waals surface area contributed by atoms with Gasteiger partial charge in [0.05, 0.1) is 0 Å². The van der Waals surface area contributed by atoms with Crippen molar-refractivity contribution in [2.45, 2.75) is 32.0 Å². The van der Waals surface area contributed by atoms with Crippen LogP contribution in [0.15, 0.2) is 48.5 Å². The highest BCUT2D eigenvalue weighted by atomic mass is 35.5. The van der Waals surface area contributed by atoms with Crippen molar-refractivity contribution in [1.29, 1.82) is 0 Å². The van der Waals surface area contributed by atoms with Crippen molar-refractivity contribution in [2.24, 2.45) is 0 Å². The molecule has 0 saturated carbocycles. The molecule has 0 radical (unpaired) electrons. The molecule has 8 heteroatoms. The Balaban J connectivity index is 1.40. The minimum Gasteiger partial charge on any atom is -0.337 e. The number of hydrogen-bond acceptors (Lipinski definition) is 4. The number of halogens is 2. The first-order valence-electron chi connectivity index (χ1n) is 12.4. The zero-order valence-corrected chi connectivity index (χ0v) is 21.9. The molecule has 0 N–H and O–H groups in total. The molecule has 2 saturated heterocycles. The molecule has 6 nitrogen and oxygen atoms in total. The lowest BCUT2D eigenvalue weighted by Gasteiger charge is -2.39. The third-order valence-electron chi connectivity index (χ3n) is 7.15. The Morgan fingerprint density at radius 3 is 2.50 bits per heavy atom. The summed E-state index contributed by atoms with van der Waals surface area (Å²) >= 11 is 6.23. The number of nitrogens with zero attached hydrogens (tertiary/aromatic N) is 4. The molecule has 4 rings (SSSR count). The molecule has 0 bridgehead atoms. The van der Waals surface area contributed by atoms with Crippen molar-refractivity contribution in [3.05, 3.63) is 76.1 Å². The minimum absolute atomic E-state index is 0.0373.